The zero-order valence-electron chi connectivity index (χ0n) is 10.5. The Morgan fingerprint density at radius 1 is 0.944 bits per heavy atom. The lowest BCUT2D eigenvalue weighted by Crippen LogP contribution is -2.09. The van der Waals surface area contributed by atoms with Gasteiger partial charge in [0.25, 0.3) is 0 Å². The van der Waals surface area contributed by atoms with Gasteiger partial charge in [-0.1, -0.05) is 49.4 Å². The quantitative estimate of drug-likeness (QED) is 0.787. The predicted octanol–water partition coefficient (Wildman–Crippen LogP) is 4.30. The number of thiol groups is 1. The molecule has 1 atom stereocenters. The van der Waals surface area contributed by atoms with E-state index in [2.05, 4.69) is 43.8 Å². The monoisotopic (exact) mass is 258 g/mol. The van der Waals surface area contributed by atoms with Crippen LogP contribution < -0.4 is 4.74 Å². The lowest BCUT2D eigenvalue weighted by atomic mass is 10.1. The number of rotatable bonds is 5. The van der Waals surface area contributed by atoms with Gasteiger partial charge in [-0.2, -0.15) is 12.6 Å². The maximum atomic E-state index is 5.70. The van der Waals surface area contributed by atoms with Gasteiger partial charge >= 0.3 is 0 Å². The Morgan fingerprint density at radius 3 is 2.17 bits per heavy atom. The van der Waals surface area contributed by atoms with Crippen LogP contribution >= 0.6 is 12.6 Å². The summed E-state index contributed by atoms with van der Waals surface area (Å²) < 4.78 is 5.70. The second-order valence-corrected chi connectivity index (χ2v) is 4.85. The van der Waals surface area contributed by atoms with Crippen molar-refractivity contribution in [1.82, 2.24) is 0 Å². The van der Waals surface area contributed by atoms with E-state index in [4.69, 9.17) is 4.74 Å². The zero-order chi connectivity index (χ0) is 12.8. The molecular weight excluding hydrogens is 240 g/mol. The van der Waals surface area contributed by atoms with Crippen molar-refractivity contribution in [3.63, 3.8) is 0 Å². The zero-order valence-corrected chi connectivity index (χ0v) is 11.4. The van der Waals surface area contributed by atoms with Crippen LogP contribution in [0.1, 0.15) is 6.92 Å². The topological polar surface area (TPSA) is 9.23 Å². The summed E-state index contributed by atoms with van der Waals surface area (Å²) in [6.45, 7) is 2.85. The minimum Gasteiger partial charge on any atom is -0.493 e. The summed E-state index contributed by atoms with van der Waals surface area (Å²) in [4.78, 5) is 0. The van der Waals surface area contributed by atoms with Crippen molar-refractivity contribution >= 4 is 12.6 Å². The first-order chi connectivity index (χ1) is 8.79. The third-order valence-corrected chi connectivity index (χ3v) is 3.43. The van der Waals surface area contributed by atoms with Gasteiger partial charge in [-0.25, -0.2) is 0 Å². The lowest BCUT2D eigenvalue weighted by molar-refractivity contribution is 0.273. The highest BCUT2D eigenvalue weighted by Crippen LogP contribution is 2.22. The van der Waals surface area contributed by atoms with Crippen LogP contribution in [0.25, 0.3) is 11.1 Å². The van der Waals surface area contributed by atoms with Crippen LogP contribution in [0, 0.1) is 5.92 Å². The normalized spacial score (nSPS) is 12.1. The van der Waals surface area contributed by atoms with E-state index in [-0.39, 0.29) is 0 Å². The molecule has 0 aliphatic heterocycles. The Labute approximate surface area is 114 Å². The van der Waals surface area contributed by atoms with Crippen molar-refractivity contribution in [3.8, 4) is 16.9 Å². The molecule has 0 saturated heterocycles. The second kappa shape index (κ2) is 6.50. The van der Waals surface area contributed by atoms with Gasteiger partial charge in [-0.3, -0.25) is 0 Å². The van der Waals surface area contributed by atoms with Crippen molar-refractivity contribution in [2.75, 3.05) is 12.4 Å². The van der Waals surface area contributed by atoms with Crippen molar-refractivity contribution < 1.29 is 4.74 Å². The summed E-state index contributed by atoms with van der Waals surface area (Å²) in [5.74, 6) is 2.24. The number of hydrogen-bond acceptors (Lipinski definition) is 2. The molecule has 18 heavy (non-hydrogen) atoms. The van der Waals surface area contributed by atoms with Crippen molar-refractivity contribution in [1.29, 1.82) is 0 Å². The maximum Gasteiger partial charge on any atom is 0.119 e. The maximum absolute atomic E-state index is 5.70. The highest BCUT2D eigenvalue weighted by molar-refractivity contribution is 7.80. The summed E-state index contributed by atoms with van der Waals surface area (Å²) in [5.41, 5.74) is 2.44. The van der Waals surface area contributed by atoms with E-state index < -0.39 is 0 Å². The lowest BCUT2D eigenvalue weighted by Gasteiger charge is -2.11. The van der Waals surface area contributed by atoms with E-state index >= 15 is 0 Å². The molecule has 1 nitrogen and oxygen atoms in total. The number of ether oxygens (including phenoxy) is 1. The molecule has 0 aromatic heterocycles. The largest absolute Gasteiger partial charge is 0.493 e. The first kappa shape index (κ1) is 13.0. The molecule has 94 valence electrons. The van der Waals surface area contributed by atoms with Crippen molar-refractivity contribution in [2.24, 2.45) is 5.92 Å². The molecule has 2 aromatic rings. The fourth-order valence-corrected chi connectivity index (χ4v) is 1.77. The van der Waals surface area contributed by atoms with E-state index in [9.17, 15) is 0 Å². The molecular formula is C16H18OS. The first-order valence-corrected chi connectivity index (χ1v) is 6.82. The predicted molar refractivity (Wildman–Crippen MR) is 80.4 cm³/mol. The molecule has 0 aliphatic rings. The molecule has 1 unspecified atom stereocenters. The Kier molecular flexibility index (Phi) is 4.71. The van der Waals surface area contributed by atoms with E-state index in [1.807, 2.05) is 30.3 Å². The summed E-state index contributed by atoms with van der Waals surface area (Å²) in [5, 5.41) is 0. The molecule has 0 heterocycles. The summed E-state index contributed by atoms with van der Waals surface area (Å²) in [6.07, 6.45) is 0. The molecule has 0 amide bonds. The van der Waals surface area contributed by atoms with Gasteiger partial charge < -0.3 is 4.74 Å². The minimum absolute atomic E-state index is 0.474. The number of hydrogen-bond donors (Lipinski definition) is 1. The minimum atomic E-state index is 0.474. The standard InChI is InChI=1S/C16H18OS/c1-13(12-18)11-17-16-9-7-15(8-10-16)14-5-3-2-4-6-14/h2-10,13,18H,11-12H2,1H3. The van der Waals surface area contributed by atoms with Crippen LogP contribution in [0.15, 0.2) is 54.6 Å². The molecule has 0 bridgehead atoms. The van der Waals surface area contributed by atoms with Crippen molar-refractivity contribution in [3.05, 3.63) is 54.6 Å². The fraction of sp³-hybridized carbons (Fsp3) is 0.250. The van der Waals surface area contributed by atoms with E-state index in [0.717, 1.165) is 11.5 Å². The molecule has 0 spiro atoms. The van der Waals surface area contributed by atoms with Gasteiger partial charge in [0.1, 0.15) is 5.75 Å². The van der Waals surface area contributed by atoms with E-state index in [0.29, 0.717) is 12.5 Å². The number of benzene rings is 2. The molecule has 0 aliphatic carbocycles. The van der Waals surface area contributed by atoms with E-state index in [1.54, 1.807) is 0 Å². The molecule has 2 heteroatoms. The second-order valence-electron chi connectivity index (χ2n) is 4.49. The Hall–Kier alpha value is -1.41. The fourth-order valence-electron chi connectivity index (χ4n) is 1.67. The van der Waals surface area contributed by atoms with Crippen LogP contribution in [0.3, 0.4) is 0 Å². The van der Waals surface area contributed by atoms with Crippen LogP contribution in [0.2, 0.25) is 0 Å². The Balaban J connectivity index is 2.02. The summed E-state index contributed by atoms with van der Waals surface area (Å²) in [7, 11) is 0. The van der Waals surface area contributed by atoms with Crippen LogP contribution in [-0.4, -0.2) is 12.4 Å². The van der Waals surface area contributed by atoms with Crippen LogP contribution in [0.5, 0.6) is 5.75 Å². The summed E-state index contributed by atoms with van der Waals surface area (Å²) >= 11 is 4.25. The molecule has 2 rings (SSSR count). The SMILES string of the molecule is CC(CS)COc1ccc(-c2ccccc2)cc1. The first-order valence-electron chi connectivity index (χ1n) is 6.18. The Morgan fingerprint density at radius 2 is 1.56 bits per heavy atom. The van der Waals surface area contributed by atoms with Gasteiger partial charge in [0.15, 0.2) is 0 Å². The molecule has 0 radical (unpaired) electrons. The average Bonchev–Trinajstić information content (AvgIpc) is 2.46. The smallest absolute Gasteiger partial charge is 0.119 e. The van der Waals surface area contributed by atoms with Gasteiger partial charge in [-0.15, -0.1) is 0 Å². The van der Waals surface area contributed by atoms with Gasteiger partial charge in [0.05, 0.1) is 6.61 Å². The van der Waals surface area contributed by atoms with Crippen LogP contribution in [-0.2, 0) is 0 Å². The average molecular weight is 258 g/mol. The van der Waals surface area contributed by atoms with Gasteiger partial charge in [0.2, 0.25) is 0 Å². The summed E-state index contributed by atoms with van der Waals surface area (Å²) in [6, 6.07) is 18.6. The van der Waals surface area contributed by atoms with Crippen LogP contribution in [0.4, 0.5) is 0 Å². The molecule has 0 N–H and O–H groups in total. The highest BCUT2D eigenvalue weighted by atomic mass is 32.1. The van der Waals surface area contributed by atoms with Gasteiger partial charge in [-0.05, 0) is 34.9 Å². The Bertz CT molecular complexity index is 464. The third-order valence-electron chi connectivity index (χ3n) is 2.81. The molecule has 0 saturated carbocycles. The highest BCUT2D eigenvalue weighted by Gasteiger charge is 2.01. The van der Waals surface area contributed by atoms with Crippen molar-refractivity contribution in [2.45, 2.75) is 6.92 Å². The van der Waals surface area contributed by atoms with E-state index in [1.165, 1.54) is 11.1 Å². The molecule has 2 aromatic carbocycles. The van der Waals surface area contributed by atoms with Gasteiger partial charge in [0, 0.05) is 0 Å². The third kappa shape index (κ3) is 3.54. The molecule has 0 fully saturated rings.